The van der Waals surface area contributed by atoms with Crippen LogP contribution in [0.2, 0.25) is 21.6 Å². The predicted molar refractivity (Wildman–Crippen MR) is 28.1 cm³/mol. The van der Waals surface area contributed by atoms with Gasteiger partial charge in [-0.05, 0) is 0 Å². The molecule has 0 aliphatic carbocycles. The van der Waals surface area contributed by atoms with E-state index in [2.05, 4.69) is 23.5 Å². The van der Waals surface area contributed by atoms with Crippen LogP contribution in [-0.2, 0) is 34.3 Å². The van der Waals surface area contributed by atoms with Crippen LogP contribution >= 0.6 is 0 Å². The van der Waals surface area contributed by atoms with E-state index in [9.17, 15) is 0 Å². The van der Waals surface area contributed by atoms with Crippen LogP contribution in [0.4, 0.5) is 0 Å². The van der Waals surface area contributed by atoms with Gasteiger partial charge < -0.3 is 0 Å². The van der Waals surface area contributed by atoms with Gasteiger partial charge in [0.25, 0.3) is 0 Å². The topological polar surface area (TPSA) is 0 Å². The molecule has 0 fully saturated rings. The second-order valence-corrected chi connectivity index (χ2v) is 8.87. The Morgan fingerprint density at radius 1 is 1.14 bits per heavy atom. The minimum atomic E-state index is 0.111. The van der Waals surface area contributed by atoms with Gasteiger partial charge in [-0.3, -0.25) is 0 Å². The molecule has 0 aromatic carbocycles. The van der Waals surface area contributed by atoms with Gasteiger partial charge >= 0.3 is 62.7 Å². The van der Waals surface area contributed by atoms with Crippen LogP contribution in [0.3, 0.4) is 0 Å². The normalized spacial score (nSPS) is 4.57. The third-order valence-corrected chi connectivity index (χ3v) is 2.60. The molecule has 38 valence electrons. The van der Waals surface area contributed by atoms with E-state index in [4.69, 9.17) is 0 Å². The molecule has 0 rings (SSSR count). The van der Waals surface area contributed by atoms with E-state index in [0.717, 1.165) is 0 Å². The third-order valence-electron chi connectivity index (χ3n) is 0.500. The summed E-state index contributed by atoms with van der Waals surface area (Å²) in [6, 6.07) is 0. The summed E-state index contributed by atoms with van der Waals surface area (Å²) >= 11 is 0.236. The van der Waals surface area contributed by atoms with Crippen LogP contribution < -0.4 is 0 Å². The molecule has 0 N–H and O–H groups in total. The number of hydrogen-bond donors (Lipinski definition) is 0. The molecule has 0 unspecified atom stereocenters. The van der Waals surface area contributed by atoms with Crippen LogP contribution in [0.15, 0.2) is 0 Å². The summed E-state index contributed by atoms with van der Waals surface area (Å²) < 4.78 is 0. The second-order valence-electron chi connectivity index (χ2n) is 1.71. The van der Waals surface area contributed by atoms with E-state index in [-0.39, 0.29) is 34.3 Å². The molecule has 0 saturated carbocycles. The summed E-state index contributed by atoms with van der Waals surface area (Å²) in [4.78, 5) is 0. The van der Waals surface area contributed by atoms with Crippen LogP contribution in [0, 0.1) is 0 Å². The van der Waals surface area contributed by atoms with Gasteiger partial charge in [0.15, 0.2) is 0 Å². The van der Waals surface area contributed by atoms with Crippen molar-refractivity contribution in [3.8, 4) is 0 Å². The molecule has 0 bridgehead atoms. The standard InChI is InChI=1S/C2H5.3CH3.2Zn/c1-2;;;;;/h1H2,2H3;3*1H3;;. The maximum atomic E-state index is 2.37. The fraction of sp³-hybridized carbons (Fsp3) is 1.00. The summed E-state index contributed by atoms with van der Waals surface area (Å²) in [6.45, 7) is 2.26. The molecular weight excluding hydrogens is 191 g/mol. The fourth-order valence-corrected chi connectivity index (χ4v) is 0. The first-order chi connectivity index (χ1) is 3.33. The Kier molecular flexibility index (Phi) is 24.9. The Hall–Kier alpha value is 1.25. The molecule has 0 atom stereocenters. The summed E-state index contributed by atoms with van der Waals surface area (Å²) in [7, 11) is 0. The van der Waals surface area contributed by atoms with Crippen molar-refractivity contribution >= 4 is 0 Å². The Labute approximate surface area is 62.6 Å². The van der Waals surface area contributed by atoms with E-state index in [1.54, 1.807) is 0 Å². The van der Waals surface area contributed by atoms with Crippen molar-refractivity contribution in [3.63, 3.8) is 0 Å². The summed E-state index contributed by atoms with van der Waals surface area (Å²) in [5.74, 6) is 0. The quantitative estimate of drug-likeness (QED) is 0.577. The Balaban J connectivity index is 0. The molecule has 0 aromatic rings. The zero-order chi connectivity index (χ0) is 6.12. The molecule has 0 saturated heterocycles. The first-order valence-corrected chi connectivity index (χ1v) is 14.3. The fourth-order valence-electron chi connectivity index (χ4n) is 0. The van der Waals surface area contributed by atoms with Crippen LogP contribution in [0.5, 0.6) is 0 Å². The van der Waals surface area contributed by atoms with Gasteiger partial charge in [0, 0.05) is 0 Å². The Bertz CT molecular complexity index is 13.6. The Morgan fingerprint density at radius 3 is 1.29 bits per heavy atom. The van der Waals surface area contributed by atoms with Crippen LogP contribution in [0.1, 0.15) is 6.92 Å². The van der Waals surface area contributed by atoms with Gasteiger partial charge in [0.2, 0.25) is 0 Å². The van der Waals surface area contributed by atoms with Crippen LogP contribution in [-0.4, -0.2) is 0 Å². The zero-order valence-electron chi connectivity index (χ0n) is 6.12. The minimum absolute atomic E-state index is 0.111. The Morgan fingerprint density at radius 2 is 1.29 bits per heavy atom. The number of rotatable bonds is 1. The van der Waals surface area contributed by atoms with E-state index in [0.29, 0.717) is 0 Å². The van der Waals surface area contributed by atoms with E-state index >= 15 is 0 Å². The van der Waals surface area contributed by atoms with Crippen molar-refractivity contribution < 1.29 is 34.3 Å². The molecule has 2 heteroatoms. The van der Waals surface area contributed by atoms with E-state index in [1.165, 1.54) is 5.02 Å². The predicted octanol–water partition coefficient (Wildman–Crippen LogP) is 2.72. The van der Waals surface area contributed by atoms with Gasteiger partial charge in [-0.2, -0.15) is 0 Å². The van der Waals surface area contributed by atoms with Crippen molar-refractivity contribution in [2.75, 3.05) is 0 Å². The maximum absolute atomic E-state index is 2.37. The summed E-state index contributed by atoms with van der Waals surface area (Å²) in [6.07, 6.45) is 0. The van der Waals surface area contributed by atoms with E-state index < -0.39 is 0 Å². The molecule has 0 nitrogen and oxygen atoms in total. The molecule has 7 heavy (non-hydrogen) atoms. The van der Waals surface area contributed by atoms with Gasteiger partial charge in [0.1, 0.15) is 0 Å². The van der Waals surface area contributed by atoms with Crippen molar-refractivity contribution in [2.45, 2.75) is 28.5 Å². The third kappa shape index (κ3) is 39.5. The molecule has 0 heterocycles. The average molecular weight is 205 g/mol. The van der Waals surface area contributed by atoms with E-state index in [1.807, 2.05) is 0 Å². The average Bonchev–Trinajstić information content (AvgIpc) is 1.69. The summed E-state index contributed by atoms with van der Waals surface area (Å²) in [5, 5.41) is 1.51. The second kappa shape index (κ2) is 15.7. The van der Waals surface area contributed by atoms with Gasteiger partial charge in [-0.1, -0.05) is 0 Å². The summed E-state index contributed by atoms with van der Waals surface area (Å²) in [5.41, 5.74) is 6.99. The van der Waals surface area contributed by atoms with Gasteiger partial charge in [0.05, 0.1) is 0 Å². The molecule has 0 aliphatic rings. The van der Waals surface area contributed by atoms with Crippen molar-refractivity contribution in [1.29, 1.82) is 0 Å². The van der Waals surface area contributed by atoms with Crippen molar-refractivity contribution in [2.24, 2.45) is 0 Å². The molecule has 0 aliphatic heterocycles. The first kappa shape index (κ1) is 11.1. The molecule has 0 amide bonds. The monoisotopic (exact) mass is 202 g/mol. The van der Waals surface area contributed by atoms with Gasteiger partial charge in [-0.15, -0.1) is 0 Å². The number of hydrogen-bond acceptors (Lipinski definition) is 0. The molecule has 0 aromatic heterocycles. The van der Waals surface area contributed by atoms with Crippen molar-refractivity contribution in [3.05, 3.63) is 0 Å². The molecular formula is C5H14Zn2. The van der Waals surface area contributed by atoms with Crippen LogP contribution in [0.25, 0.3) is 0 Å². The SMILES string of the molecule is C[CH2][Zn][CH3].[CH3][Zn][CH3]. The zero-order valence-corrected chi connectivity index (χ0v) is 12.1. The molecule has 0 radical (unpaired) electrons. The first-order valence-electron chi connectivity index (χ1n) is 3.33. The van der Waals surface area contributed by atoms with Gasteiger partial charge in [-0.25, -0.2) is 0 Å². The molecule has 0 spiro atoms. The van der Waals surface area contributed by atoms with Crippen molar-refractivity contribution in [1.82, 2.24) is 0 Å².